The average Bonchev–Trinajstić information content (AvgIpc) is 2.68. The summed E-state index contributed by atoms with van der Waals surface area (Å²) in [7, 11) is 1.53. The van der Waals surface area contributed by atoms with Crippen molar-refractivity contribution in [1.29, 1.82) is 0 Å². The van der Waals surface area contributed by atoms with Gasteiger partial charge in [0.15, 0.2) is 0 Å². The van der Waals surface area contributed by atoms with Gasteiger partial charge in [-0.05, 0) is 55.0 Å². The Kier molecular flexibility index (Phi) is 6.56. The molecule has 0 heterocycles. The number of carbonyl (C=O) groups excluding carboxylic acids is 2. The zero-order chi connectivity index (χ0) is 21.0. The Hall–Kier alpha value is -2.83. The molecule has 0 aromatic heterocycles. The van der Waals surface area contributed by atoms with Crippen molar-refractivity contribution in [3.63, 3.8) is 0 Å². The summed E-state index contributed by atoms with van der Waals surface area (Å²) >= 11 is 9.48. The average molecular weight is 474 g/mol. The Morgan fingerprint density at radius 1 is 0.897 bits per heavy atom. The molecular weight excluding hydrogens is 456 g/mol. The lowest BCUT2D eigenvalue weighted by Crippen LogP contribution is -2.15. The van der Waals surface area contributed by atoms with Gasteiger partial charge in [-0.25, -0.2) is 0 Å². The third-order valence-electron chi connectivity index (χ3n) is 4.18. The molecule has 0 aliphatic carbocycles. The molecule has 0 saturated carbocycles. The number of nitrogens with one attached hydrogen (secondary N) is 2. The van der Waals surface area contributed by atoms with E-state index in [0.29, 0.717) is 33.3 Å². The maximum Gasteiger partial charge on any atom is 0.259 e. The highest BCUT2D eigenvalue weighted by molar-refractivity contribution is 9.10. The number of aryl methyl sites for hydroxylation is 1. The van der Waals surface area contributed by atoms with Gasteiger partial charge in [0.1, 0.15) is 5.75 Å². The van der Waals surface area contributed by atoms with Crippen molar-refractivity contribution in [3.05, 3.63) is 86.8 Å². The van der Waals surface area contributed by atoms with Crippen LogP contribution < -0.4 is 15.4 Å². The standard InChI is InChI=1S/C22H18BrClN2O3/c1-13-10-14(23)11-18(20(13)29-2)22(28)26-16-7-5-6-15(12-16)25-21(27)17-8-3-4-9-19(17)24/h3-12H,1-2H3,(H,25,27)(H,26,28). The molecule has 0 unspecified atom stereocenters. The van der Waals surface area contributed by atoms with E-state index >= 15 is 0 Å². The van der Waals surface area contributed by atoms with Crippen LogP contribution in [0.5, 0.6) is 5.75 Å². The van der Waals surface area contributed by atoms with Crippen LogP contribution in [0.2, 0.25) is 5.02 Å². The first-order chi connectivity index (χ1) is 13.9. The number of methoxy groups -OCH3 is 1. The monoisotopic (exact) mass is 472 g/mol. The van der Waals surface area contributed by atoms with Crippen LogP contribution in [0.1, 0.15) is 26.3 Å². The smallest absolute Gasteiger partial charge is 0.259 e. The van der Waals surface area contributed by atoms with Crippen LogP contribution in [0.15, 0.2) is 65.1 Å². The third-order valence-corrected chi connectivity index (χ3v) is 4.97. The second-order valence-corrected chi connectivity index (χ2v) is 7.60. The van der Waals surface area contributed by atoms with E-state index in [1.54, 1.807) is 54.6 Å². The molecule has 3 aromatic carbocycles. The van der Waals surface area contributed by atoms with Crippen LogP contribution in [0.25, 0.3) is 0 Å². The van der Waals surface area contributed by atoms with Gasteiger partial charge in [0.25, 0.3) is 11.8 Å². The van der Waals surface area contributed by atoms with Crippen molar-refractivity contribution < 1.29 is 14.3 Å². The molecule has 0 saturated heterocycles. The van der Waals surface area contributed by atoms with Gasteiger partial charge in [-0.3, -0.25) is 9.59 Å². The molecule has 0 spiro atoms. The van der Waals surface area contributed by atoms with Crippen LogP contribution in [0, 0.1) is 6.92 Å². The Morgan fingerprint density at radius 3 is 2.14 bits per heavy atom. The first-order valence-corrected chi connectivity index (χ1v) is 9.87. The van der Waals surface area contributed by atoms with Gasteiger partial charge in [-0.15, -0.1) is 0 Å². The molecule has 0 atom stereocenters. The fraction of sp³-hybridized carbons (Fsp3) is 0.0909. The van der Waals surface area contributed by atoms with Gasteiger partial charge < -0.3 is 15.4 Å². The summed E-state index contributed by atoms with van der Waals surface area (Å²) in [5.74, 6) is -0.141. The van der Waals surface area contributed by atoms with Crippen LogP contribution in [0.4, 0.5) is 11.4 Å². The number of hydrogen-bond donors (Lipinski definition) is 2. The first kappa shape index (κ1) is 20.9. The molecule has 0 bridgehead atoms. The summed E-state index contributed by atoms with van der Waals surface area (Å²) in [6.07, 6.45) is 0. The Bertz CT molecular complexity index is 1090. The summed E-state index contributed by atoms with van der Waals surface area (Å²) in [5.41, 5.74) is 2.69. The third kappa shape index (κ3) is 4.96. The molecular formula is C22H18BrClN2O3. The zero-order valence-corrected chi connectivity index (χ0v) is 18.1. The van der Waals surface area contributed by atoms with E-state index in [2.05, 4.69) is 26.6 Å². The van der Waals surface area contributed by atoms with Crippen LogP contribution >= 0.6 is 27.5 Å². The molecule has 0 radical (unpaired) electrons. The zero-order valence-electron chi connectivity index (χ0n) is 15.8. The van der Waals surface area contributed by atoms with Gasteiger partial charge in [0.05, 0.1) is 23.3 Å². The fourth-order valence-electron chi connectivity index (χ4n) is 2.89. The molecule has 3 aromatic rings. The van der Waals surface area contributed by atoms with E-state index in [1.165, 1.54) is 7.11 Å². The highest BCUT2D eigenvalue weighted by Gasteiger charge is 2.16. The van der Waals surface area contributed by atoms with Gasteiger partial charge in [0, 0.05) is 15.8 Å². The van der Waals surface area contributed by atoms with Crippen molar-refractivity contribution in [1.82, 2.24) is 0 Å². The van der Waals surface area contributed by atoms with Gasteiger partial charge in [0.2, 0.25) is 0 Å². The van der Waals surface area contributed by atoms with Crippen molar-refractivity contribution in [2.45, 2.75) is 6.92 Å². The summed E-state index contributed by atoms with van der Waals surface area (Å²) in [6.45, 7) is 1.87. The van der Waals surface area contributed by atoms with Crippen molar-refractivity contribution >= 4 is 50.7 Å². The Labute approximate surface area is 182 Å². The fourth-order valence-corrected chi connectivity index (χ4v) is 3.68. The second kappa shape index (κ2) is 9.11. The van der Waals surface area contributed by atoms with Crippen molar-refractivity contribution in [2.24, 2.45) is 0 Å². The molecule has 2 N–H and O–H groups in total. The van der Waals surface area contributed by atoms with E-state index < -0.39 is 0 Å². The Morgan fingerprint density at radius 2 is 1.52 bits per heavy atom. The predicted molar refractivity (Wildman–Crippen MR) is 119 cm³/mol. The number of benzene rings is 3. The number of amides is 2. The van der Waals surface area contributed by atoms with E-state index in [4.69, 9.17) is 16.3 Å². The lowest BCUT2D eigenvalue weighted by atomic mass is 10.1. The summed E-state index contributed by atoms with van der Waals surface area (Å²) < 4.78 is 6.15. The van der Waals surface area contributed by atoms with E-state index in [0.717, 1.165) is 10.0 Å². The molecule has 7 heteroatoms. The SMILES string of the molecule is COc1c(C)cc(Br)cc1C(=O)Nc1cccc(NC(=O)c2ccccc2Cl)c1. The largest absolute Gasteiger partial charge is 0.496 e. The second-order valence-electron chi connectivity index (χ2n) is 6.27. The number of carbonyl (C=O) groups is 2. The number of anilines is 2. The number of hydrogen-bond acceptors (Lipinski definition) is 3. The van der Waals surface area contributed by atoms with E-state index in [-0.39, 0.29) is 11.8 Å². The lowest BCUT2D eigenvalue weighted by Gasteiger charge is -2.13. The normalized spacial score (nSPS) is 10.3. The molecule has 0 aliphatic rings. The minimum absolute atomic E-state index is 0.319. The minimum Gasteiger partial charge on any atom is -0.496 e. The highest BCUT2D eigenvalue weighted by Crippen LogP contribution is 2.29. The summed E-state index contributed by atoms with van der Waals surface area (Å²) in [6, 6.07) is 17.2. The quantitative estimate of drug-likeness (QED) is 0.483. The molecule has 0 aliphatic heterocycles. The van der Waals surface area contributed by atoms with E-state index in [9.17, 15) is 9.59 Å². The first-order valence-electron chi connectivity index (χ1n) is 8.70. The van der Waals surface area contributed by atoms with Crippen molar-refractivity contribution in [3.8, 4) is 5.75 Å². The van der Waals surface area contributed by atoms with Gasteiger partial charge >= 0.3 is 0 Å². The number of rotatable bonds is 5. The molecule has 3 rings (SSSR count). The molecule has 29 heavy (non-hydrogen) atoms. The maximum atomic E-state index is 12.8. The van der Waals surface area contributed by atoms with E-state index in [1.807, 2.05) is 13.0 Å². The lowest BCUT2D eigenvalue weighted by molar-refractivity contribution is 0.101. The summed E-state index contributed by atoms with van der Waals surface area (Å²) in [5, 5.41) is 5.99. The predicted octanol–water partition coefficient (Wildman–Crippen LogP) is 5.92. The summed E-state index contributed by atoms with van der Waals surface area (Å²) in [4.78, 5) is 25.2. The topological polar surface area (TPSA) is 67.4 Å². The Balaban J connectivity index is 1.79. The van der Waals surface area contributed by atoms with Crippen LogP contribution in [-0.2, 0) is 0 Å². The number of halogens is 2. The minimum atomic E-state index is -0.330. The van der Waals surface area contributed by atoms with Crippen LogP contribution in [0.3, 0.4) is 0 Å². The highest BCUT2D eigenvalue weighted by atomic mass is 79.9. The van der Waals surface area contributed by atoms with Gasteiger partial charge in [-0.2, -0.15) is 0 Å². The molecule has 0 fully saturated rings. The molecule has 2 amide bonds. The molecule has 148 valence electrons. The van der Waals surface area contributed by atoms with Crippen LogP contribution in [-0.4, -0.2) is 18.9 Å². The maximum absolute atomic E-state index is 12.8. The number of ether oxygens (including phenoxy) is 1. The van der Waals surface area contributed by atoms with Gasteiger partial charge in [-0.1, -0.05) is 45.7 Å². The van der Waals surface area contributed by atoms with Crippen molar-refractivity contribution in [2.75, 3.05) is 17.7 Å². The molecule has 5 nitrogen and oxygen atoms in total.